The van der Waals surface area contributed by atoms with Gasteiger partial charge < -0.3 is 10.2 Å². The second kappa shape index (κ2) is 8.60. The maximum atomic E-state index is 12.9. The molecule has 9 heteroatoms. The summed E-state index contributed by atoms with van der Waals surface area (Å²) in [7, 11) is 0. The zero-order valence-electron chi connectivity index (χ0n) is 16.1. The standard InChI is InChI=1S/C20H22Cl2N4O2S/c1-2-25-9-7-15-17(11-25)29-20(23-15)24-18(27)16-4-3-8-26(16)19(28)12-5-6-13(21)14(22)10-12/h5-6,10,16H,2-4,7-9,11H2,1H3,(H,23,24,27). The van der Waals surface area contributed by atoms with Gasteiger partial charge >= 0.3 is 0 Å². The van der Waals surface area contributed by atoms with Crippen LogP contribution in [0.3, 0.4) is 0 Å². The number of hydrogen-bond donors (Lipinski definition) is 1. The molecule has 1 unspecified atom stereocenters. The number of aromatic nitrogens is 1. The van der Waals surface area contributed by atoms with Crippen molar-refractivity contribution in [2.45, 2.75) is 38.8 Å². The van der Waals surface area contributed by atoms with E-state index in [1.165, 1.54) is 16.2 Å². The highest BCUT2D eigenvalue weighted by Crippen LogP contribution is 2.30. The summed E-state index contributed by atoms with van der Waals surface area (Å²) in [6, 6.07) is 4.28. The molecule has 3 heterocycles. The molecule has 1 N–H and O–H groups in total. The Hall–Kier alpha value is -1.67. The van der Waals surface area contributed by atoms with Crippen molar-refractivity contribution in [3.63, 3.8) is 0 Å². The Morgan fingerprint density at radius 2 is 2.10 bits per heavy atom. The van der Waals surface area contributed by atoms with Crippen LogP contribution in [0.5, 0.6) is 0 Å². The quantitative estimate of drug-likeness (QED) is 0.758. The summed E-state index contributed by atoms with van der Waals surface area (Å²) < 4.78 is 0. The van der Waals surface area contributed by atoms with Gasteiger partial charge in [-0.2, -0.15) is 0 Å². The zero-order valence-corrected chi connectivity index (χ0v) is 18.4. The fraction of sp³-hybridized carbons (Fsp3) is 0.450. The van der Waals surface area contributed by atoms with Crippen LogP contribution in [0, 0.1) is 0 Å². The summed E-state index contributed by atoms with van der Waals surface area (Å²) in [5.41, 5.74) is 1.51. The van der Waals surface area contributed by atoms with Gasteiger partial charge in [-0.05, 0) is 37.6 Å². The number of thiazole rings is 1. The molecule has 2 aliphatic rings. The number of rotatable bonds is 4. The normalized spacial score (nSPS) is 19.3. The van der Waals surface area contributed by atoms with Gasteiger partial charge in [-0.1, -0.05) is 30.1 Å². The number of likely N-dealkylation sites (tertiary alicyclic amines) is 1. The molecule has 1 aromatic carbocycles. The van der Waals surface area contributed by atoms with Gasteiger partial charge in [-0.3, -0.25) is 14.5 Å². The topological polar surface area (TPSA) is 65.5 Å². The summed E-state index contributed by atoms with van der Waals surface area (Å²) >= 11 is 13.5. The SMILES string of the molecule is CCN1CCc2nc(NC(=O)C3CCCN3C(=O)c3ccc(Cl)c(Cl)c3)sc2C1. The molecule has 1 atom stereocenters. The van der Waals surface area contributed by atoms with Crippen molar-refractivity contribution in [1.82, 2.24) is 14.8 Å². The molecule has 1 fully saturated rings. The molecule has 0 spiro atoms. The van der Waals surface area contributed by atoms with Crippen LogP contribution in [-0.2, 0) is 17.8 Å². The Labute approximate surface area is 183 Å². The van der Waals surface area contributed by atoms with E-state index in [-0.39, 0.29) is 11.8 Å². The average Bonchev–Trinajstić information content (AvgIpc) is 3.35. The van der Waals surface area contributed by atoms with Gasteiger partial charge in [0.2, 0.25) is 5.91 Å². The Morgan fingerprint density at radius 1 is 1.28 bits per heavy atom. The molecular formula is C20H22Cl2N4O2S. The van der Waals surface area contributed by atoms with E-state index in [2.05, 4.69) is 22.1 Å². The van der Waals surface area contributed by atoms with Crippen LogP contribution in [-0.4, -0.2) is 52.3 Å². The molecule has 0 radical (unpaired) electrons. The van der Waals surface area contributed by atoms with Crippen LogP contribution in [0.25, 0.3) is 0 Å². The Balaban J connectivity index is 1.46. The maximum Gasteiger partial charge on any atom is 0.254 e. The van der Waals surface area contributed by atoms with Crippen molar-refractivity contribution in [2.24, 2.45) is 0 Å². The van der Waals surface area contributed by atoms with Gasteiger partial charge in [0.05, 0.1) is 15.7 Å². The van der Waals surface area contributed by atoms with Gasteiger partial charge in [-0.25, -0.2) is 4.98 Å². The molecule has 2 aromatic rings. The Kier molecular flexibility index (Phi) is 6.11. The number of likely N-dealkylation sites (N-methyl/N-ethyl adjacent to an activating group) is 1. The smallest absolute Gasteiger partial charge is 0.254 e. The largest absolute Gasteiger partial charge is 0.327 e. The van der Waals surface area contributed by atoms with E-state index in [1.54, 1.807) is 23.1 Å². The van der Waals surface area contributed by atoms with Crippen molar-refractivity contribution in [1.29, 1.82) is 0 Å². The number of carbonyl (C=O) groups excluding carboxylic acids is 2. The predicted molar refractivity (Wildman–Crippen MR) is 116 cm³/mol. The highest BCUT2D eigenvalue weighted by molar-refractivity contribution is 7.15. The second-order valence-electron chi connectivity index (χ2n) is 7.28. The number of amides is 2. The lowest BCUT2D eigenvalue weighted by molar-refractivity contribution is -0.119. The van der Waals surface area contributed by atoms with Crippen molar-refractivity contribution < 1.29 is 9.59 Å². The van der Waals surface area contributed by atoms with E-state index in [4.69, 9.17) is 23.2 Å². The lowest BCUT2D eigenvalue weighted by Gasteiger charge is -2.23. The highest BCUT2D eigenvalue weighted by atomic mass is 35.5. The third-order valence-electron chi connectivity index (χ3n) is 5.47. The summed E-state index contributed by atoms with van der Waals surface area (Å²) in [6.07, 6.45) is 2.32. The van der Waals surface area contributed by atoms with E-state index in [0.29, 0.717) is 33.7 Å². The molecule has 6 nitrogen and oxygen atoms in total. The van der Waals surface area contributed by atoms with E-state index in [0.717, 1.165) is 38.2 Å². The molecular weight excluding hydrogens is 431 g/mol. The second-order valence-corrected chi connectivity index (χ2v) is 9.18. The summed E-state index contributed by atoms with van der Waals surface area (Å²) in [5.74, 6) is -0.396. The molecule has 0 saturated carbocycles. The molecule has 2 aliphatic heterocycles. The zero-order chi connectivity index (χ0) is 20.5. The molecule has 1 saturated heterocycles. The van der Waals surface area contributed by atoms with E-state index in [1.807, 2.05) is 0 Å². The fourth-order valence-corrected chi connectivity index (χ4v) is 5.19. The number of hydrogen-bond acceptors (Lipinski definition) is 5. The van der Waals surface area contributed by atoms with Crippen molar-refractivity contribution in [2.75, 3.05) is 25.0 Å². The molecule has 2 amide bonds. The first-order valence-electron chi connectivity index (χ1n) is 9.74. The Morgan fingerprint density at radius 3 is 2.86 bits per heavy atom. The lowest BCUT2D eigenvalue weighted by atomic mass is 10.1. The van der Waals surface area contributed by atoms with E-state index in [9.17, 15) is 9.59 Å². The number of carbonyl (C=O) groups is 2. The summed E-state index contributed by atoms with van der Waals surface area (Å²) in [5, 5.41) is 4.28. The summed E-state index contributed by atoms with van der Waals surface area (Å²) in [4.78, 5) is 35.6. The van der Waals surface area contributed by atoms with Crippen LogP contribution < -0.4 is 5.32 Å². The van der Waals surface area contributed by atoms with Crippen molar-refractivity contribution in [3.8, 4) is 0 Å². The van der Waals surface area contributed by atoms with Crippen molar-refractivity contribution >= 4 is 51.5 Å². The van der Waals surface area contributed by atoms with Crippen LogP contribution >= 0.6 is 34.5 Å². The molecule has 29 heavy (non-hydrogen) atoms. The molecule has 0 aliphatic carbocycles. The average molecular weight is 453 g/mol. The first-order chi connectivity index (χ1) is 14.0. The van der Waals surface area contributed by atoms with Gasteiger partial charge in [0.15, 0.2) is 5.13 Å². The number of nitrogens with zero attached hydrogens (tertiary/aromatic N) is 3. The Bertz CT molecular complexity index is 949. The molecule has 0 bridgehead atoms. The highest BCUT2D eigenvalue weighted by Gasteiger charge is 2.35. The van der Waals surface area contributed by atoms with Gasteiger partial charge in [0.25, 0.3) is 5.91 Å². The summed E-state index contributed by atoms with van der Waals surface area (Å²) in [6.45, 7) is 5.57. The first kappa shape index (κ1) is 20.6. The van der Waals surface area contributed by atoms with Crippen LogP contribution in [0.15, 0.2) is 18.2 Å². The molecule has 1 aromatic heterocycles. The van der Waals surface area contributed by atoms with E-state index >= 15 is 0 Å². The molecule has 4 rings (SSSR count). The molecule has 154 valence electrons. The number of halogens is 2. The van der Waals surface area contributed by atoms with Crippen LogP contribution in [0.2, 0.25) is 10.0 Å². The maximum absolute atomic E-state index is 12.9. The third kappa shape index (κ3) is 4.28. The van der Waals surface area contributed by atoms with Crippen LogP contribution in [0.4, 0.5) is 5.13 Å². The number of anilines is 1. The van der Waals surface area contributed by atoms with Crippen LogP contribution in [0.1, 0.15) is 40.7 Å². The minimum Gasteiger partial charge on any atom is -0.327 e. The van der Waals surface area contributed by atoms with Crippen molar-refractivity contribution in [3.05, 3.63) is 44.4 Å². The third-order valence-corrected chi connectivity index (χ3v) is 7.21. The van der Waals surface area contributed by atoms with Gasteiger partial charge in [-0.15, -0.1) is 11.3 Å². The first-order valence-corrected chi connectivity index (χ1v) is 11.3. The minimum absolute atomic E-state index is 0.186. The number of nitrogens with one attached hydrogen (secondary N) is 1. The van der Waals surface area contributed by atoms with E-state index < -0.39 is 6.04 Å². The number of fused-ring (bicyclic) bond motifs is 1. The number of benzene rings is 1. The minimum atomic E-state index is -0.509. The fourth-order valence-electron chi connectivity index (χ4n) is 3.84. The lowest BCUT2D eigenvalue weighted by Crippen LogP contribution is -2.43. The monoisotopic (exact) mass is 452 g/mol. The predicted octanol–water partition coefficient (Wildman–Crippen LogP) is 4.07. The van der Waals surface area contributed by atoms with Gasteiger partial charge in [0, 0.05) is 36.5 Å². The van der Waals surface area contributed by atoms with Gasteiger partial charge in [0.1, 0.15) is 6.04 Å².